The van der Waals surface area contributed by atoms with Crippen LogP contribution in [-0.4, -0.2) is 31.6 Å². The van der Waals surface area contributed by atoms with Gasteiger partial charge in [0.2, 0.25) is 11.9 Å². The smallest absolute Gasteiger partial charge is 0.276 e. The molecule has 4 aromatic rings. The molecule has 38 heavy (non-hydrogen) atoms. The molecule has 0 aliphatic heterocycles. The molecule has 9 heteroatoms. The summed E-state index contributed by atoms with van der Waals surface area (Å²) < 4.78 is 1.73. The zero-order valence-electron chi connectivity index (χ0n) is 22.1. The van der Waals surface area contributed by atoms with Crippen LogP contribution in [0.3, 0.4) is 0 Å². The van der Waals surface area contributed by atoms with Crippen LogP contribution in [-0.2, 0) is 32.7 Å². The van der Waals surface area contributed by atoms with E-state index in [0.717, 1.165) is 63.4 Å². The van der Waals surface area contributed by atoms with Gasteiger partial charge in [-0.15, -0.1) is 0 Å². The average molecular weight is 510 g/mol. The molecule has 2 aromatic heterocycles. The van der Waals surface area contributed by atoms with Crippen LogP contribution in [0.1, 0.15) is 62.5 Å². The highest BCUT2D eigenvalue weighted by atomic mass is 16.2. The van der Waals surface area contributed by atoms with Crippen molar-refractivity contribution in [3.63, 3.8) is 0 Å². The molecule has 2 aromatic carbocycles. The number of primary amides is 1. The molecule has 194 valence electrons. The zero-order chi connectivity index (χ0) is 27.0. The summed E-state index contributed by atoms with van der Waals surface area (Å²) in [5.41, 5.74) is 14.4. The van der Waals surface area contributed by atoms with Crippen molar-refractivity contribution in [3.05, 3.63) is 81.7 Å². The minimum Gasteiger partial charge on any atom is -0.366 e. The molecule has 2 amide bonds. The number of nitrogens with one attached hydrogen (secondary N) is 2. The molecule has 0 atom stereocenters. The van der Waals surface area contributed by atoms with Crippen molar-refractivity contribution in [1.82, 2.24) is 19.7 Å². The van der Waals surface area contributed by atoms with E-state index >= 15 is 0 Å². The predicted molar refractivity (Wildman–Crippen MR) is 148 cm³/mol. The number of hydrogen-bond acceptors (Lipinski definition) is 6. The molecule has 0 unspecified atom stereocenters. The maximum atomic E-state index is 13.5. The quantitative estimate of drug-likeness (QED) is 0.336. The van der Waals surface area contributed by atoms with Crippen molar-refractivity contribution in [3.8, 4) is 11.4 Å². The van der Waals surface area contributed by atoms with E-state index in [0.29, 0.717) is 30.0 Å². The molecule has 1 aliphatic carbocycles. The summed E-state index contributed by atoms with van der Waals surface area (Å²) in [6, 6.07) is 11.3. The molecule has 0 saturated heterocycles. The number of aromatic nitrogens is 4. The predicted octanol–water partition coefficient (Wildman–Crippen LogP) is 4.50. The fraction of sp³-hybridized carbons (Fsp3) is 0.276. The maximum Gasteiger partial charge on any atom is 0.276 e. The molecular formula is C29H31N7O2. The van der Waals surface area contributed by atoms with Gasteiger partial charge in [-0.1, -0.05) is 32.0 Å². The SMILES string of the molecule is CCc1cccc(CC)c1NC(=O)c1nn(C)c2c1CCc1cnc(Nc3ccc(C(N)=O)cc3C)nc1-2. The lowest BCUT2D eigenvalue weighted by Gasteiger charge is -2.18. The number of para-hydroxylation sites is 1. The van der Waals surface area contributed by atoms with Crippen LogP contribution in [0, 0.1) is 6.92 Å². The molecule has 5 rings (SSSR count). The number of anilines is 3. The molecule has 1 aliphatic rings. The van der Waals surface area contributed by atoms with Crippen LogP contribution in [0.5, 0.6) is 0 Å². The second kappa shape index (κ2) is 10.1. The third-order valence-corrected chi connectivity index (χ3v) is 7.09. The largest absolute Gasteiger partial charge is 0.366 e. The first-order valence-electron chi connectivity index (χ1n) is 12.8. The van der Waals surface area contributed by atoms with Gasteiger partial charge >= 0.3 is 0 Å². The van der Waals surface area contributed by atoms with Gasteiger partial charge in [0.1, 0.15) is 0 Å². The average Bonchev–Trinajstić information content (AvgIpc) is 3.26. The number of nitrogens with zero attached hydrogens (tertiary/aromatic N) is 4. The van der Waals surface area contributed by atoms with E-state index in [-0.39, 0.29) is 5.91 Å². The second-order valence-corrected chi connectivity index (χ2v) is 9.50. The summed E-state index contributed by atoms with van der Waals surface area (Å²) in [6.07, 6.45) is 4.87. The van der Waals surface area contributed by atoms with Crippen molar-refractivity contribution in [2.45, 2.75) is 46.5 Å². The molecule has 0 bridgehead atoms. The Morgan fingerprint density at radius 2 is 1.82 bits per heavy atom. The summed E-state index contributed by atoms with van der Waals surface area (Å²) in [5.74, 6) is -0.265. The topological polar surface area (TPSA) is 128 Å². The van der Waals surface area contributed by atoms with E-state index in [2.05, 4.69) is 34.6 Å². The number of fused-ring (bicyclic) bond motifs is 3. The third kappa shape index (κ3) is 4.51. The first-order valence-corrected chi connectivity index (χ1v) is 12.8. The van der Waals surface area contributed by atoms with Gasteiger partial charge in [0, 0.05) is 35.7 Å². The number of hydrogen-bond donors (Lipinski definition) is 3. The summed E-state index contributed by atoms with van der Waals surface area (Å²) in [6.45, 7) is 6.06. The van der Waals surface area contributed by atoms with Crippen LogP contribution in [0.4, 0.5) is 17.3 Å². The van der Waals surface area contributed by atoms with Gasteiger partial charge in [0.05, 0.1) is 11.4 Å². The molecule has 0 saturated carbocycles. The van der Waals surface area contributed by atoms with Gasteiger partial charge < -0.3 is 16.4 Å². The molecule has 0 fully saturated rings. The fourth-order valence-corrected chi connectivity index (χ4v) is 5.05. The van der Waals surface area contributed by atoms with E-state index in [9.17, 15) is 9.59 Å². The molecule has 0 radical (unpaired) electrons. The van der Waals surface area contributed by atoms with Gasteiger partial charge in [0.25, 0.3) is 5.91 Å². The highest BCUT2D eigenvalue weighted by Gasteiger charge is 2.29. The number of carbonyl (C=O) groups is 2. The highest BCUT2D eigenvalue weighted by molar-refractivity contribution is 6.06. The molecule has 2 heterocycles. The Bertz CT molecular complexity index is 1550. The van der Waals surface area contributed by atoms with E-state index in [1.807, 2.05) is 38.4 Å². The maximum absolute atomic E-state index is 13.5. The Kier molecular flexibility index (Phi) is 6.67. The normalized spacial score (nSPS) is 12.0. The zero-order valence-corrected chi connectivity index (χ0v) is 22.1. The first kappa shape index (κ1) is 25.1. The number of rotatable bonds is 7. The Morgan fingerprint density at radius 1 is 1.08 bits per heavy atom. The van der Waals surface area contributed by atoms with E-state index in [1.54, 1.807) is 22.9 Å². The van der Waals surface area contributed by atoms with Crippen LogP contribution in [0.25, 0.3) is 11.4 Å². The number of carbonyl (C=O) groups excluding carboxylic acids is 2. The minimum absolute atomic E-state index is 0.210. The van der Waals surface area contributed by atoms with E-state index in [4.69, 9.17) is 10.7 Å². The number of aryl methyl sites for hydroxylation is 5. The van der Waals surface area contributed by atoms with Crippen LogP contribution < -0.4 is 16.4 Å². The van der Waals surface area contributed by atoms with Gasteiger partial charge in [-0.2, -0.15) is 5.10 Å². The number of nitrogens with two attached hydrogens (primary N) is 1. The first-order chi connectivity index (χ1) is 18.3. The minimum atomic E-state index is -0.475. The molecule has 4 N–H and O–H groups in total. The number of amides is 2. The monoisotopic (exact) mass is 509 g/mol. The van der Waals surface area contributed by atoms with Crippen molar-refractivity contribution >= 4 is 29.1 Å². The van der Waals surface area contributed by atoms with Crippen LogP contribution in [0.15, 0.2) is 42.6 Å². The van der Waals surface area contributed by atoms with Gasteiger partial charge in [-0.25, -0.2) is 9.97 Å². The molecular weight excluding hydrogens is 478 g/mol. The van der Waals surface area contributed by atoms with Crippen molar-refractivity contribution in [2.24, 2.45) is 12.8 Å². The van der Waals surface area contributed by atoms with Gasteiger partial charge in [0.15, 0.2) is 5.69 Å². The summed E-state index contributed by atoms with van der Waals surface area (Å²) in [5, 5.41) is 11.0. The lowest BCUT2D eigenvalue weighted by atomic mass is 9.93. The van der Waals surface area contributed by atoms with Crippen LogP contribution in [0.2, 0.25) is 0 Å². The van der Waals surface area contributed by atoms with E-state index in [1.165, 1.54) is 0 Å². The standard InChI is InChI=1S/C29H31N7O2/c1-5-17-8-7-9-18(6-2)23(17)33-28(38)25-21-12-10-20-15-31-29(34-24(20)26(21)36(4)35-25)32-22-13-11-19(27(30)37)14-16(22)3/h7-9,11,13-15H,5-6,10,12H2,1-4H3,(H2,30,37)(H,33,38)(H,31,32,34). The molecule has 0 spiro atoms. The van der Waals surface area contributed by atoms with Crippen molar-refractivity contribution in [1.29, 1.82) is 0 Å². The Hall–Kier alpha value is -4.53. The van der Waals surface area contributed by atoms with E-state index < -0.39 is 5.91 Å². The fourth-order valence-electron chi connectivity index (χ4n) is 5.05. The second-order valence-electron chi connectivity index (χ2n) is 9.50. The van der Waals surface area contributed by atoms with Gasteiger partial charge in [-0.3, -0.25) is 14.3 Å². The molecule has 9 nitrogen and oxygen atoms in total. The third-order valence-electron chi connectivity index (χ3n) is 7.09. The Balaban J connectivity index is 1.47. The summed E-state index contributed by atoms with van der Waals surface area (Å²) in [7, 11) is 1.84. The lowest BCUT2D eigenvalue weighted by molar-refractivity contribution is 0.0996. The summed E-state index contributed by atoms with van der Waals surface area (Å²) in [4.78, 5) is 34.3. The van der Waals surface area contributed by atoms with Crippen molar-refractivity contribution in [2.75, 3.05) is 10.6 Å². The summed E-state index contributed by atoms with van der Waals surface area (Å²) >= 11 is 0. The lowest BCUT2D eigenvalue weighted by Crippen LogP contribution is -2.18. The van der Waals surface area contributed by atoms with Crippen LogP contribution >= 0.6 is 0 Å². The number of benzene rings is 2. The highest BCUT2D eigenvalue weighted by Crippen LogP contribution is 2.35. The van der Waals surface area contributed by atoms with Crippen molar-refractivity contribution < 1.29 is 9.59 Å². The van der Waals surface area contributed by atoms with Gasteiger partial charge in [-0.05, 0) is 73.1 Å². The Labute approximate surface area is 221 Å². The Morgan fingerprint density at radius 3 is 2.47 bits per heavy atom.